The van der Waals surface area contributed by atoms with E-state index in [0.29, 0.717) is 11.8 Å². The second kappa shape index (κ2) is 6.38. The van der Waals surface area contributed by atoms with E-state index in [1.54, 1.807) is 0 Å². The van der Waals surface area contributed by atoms with E-state index in [-0.39, 0.29) is 0 Å². The molecule has 0 aromatic carbocycles. The Kier molecular flexibility index (Phi) is 6.19. The monoisotopic (exact) mass is 156 g/mol. The van der Waals surface area contributed by atoms with Gasteiger partial charge in [0, 0.05) is 6.42 Å². The summed E-state index contributed by atoms with van der Waals surface area (Å²) in [5.41, 5.74) is 0. The van der Waals surface area contributed by atoms with Gasteiger partial charge in [0.2, 0.25) is 0 Å². The molecule has 0 aromatic heterocycles. The Morgan fingerprint density at radius 3 is 2.36 bits per heavy atom. The molecule has 0 N–H and O–H groups in total. The molecule has 0 aliphatic rings. The maximum atomic E-state index is 10.3. The second-order valence-corrected chi connectivity index (χ2v) is 3.55. The molecule has 0 aliphatic heterocycles. The minimum absolute atomic E-state index is 0.618. The van der Waals surface area contributed by atoms with Crippen LogP contribution < -0.4 is 0 Å². The van der Waals surface area contributed by atoms with E-state index in [9.17, 15) is 4.79 Å². The van der Waals surface area contributed by atoms with E-state index >= 15 is 0 Å². The van der Waals surface area contributed by atoms with Gasteiger partial charge in [-0.25, -0.2) is 0 Å². The lowest BCUT2D eigenvalue weighted by Crippen LogP contribution is -2.08. The quantitative estimate of drug-likeness (QED) is 0.540. The predicted octanol–water partition coefficient (Wildman–Crippen LogP) is 3.04. The molecule has 0 saturated heterocycles. The van der Waals surface area contributed by atoms with Gasteiger partial charge in [-0.1, -0.05) is 33.6 Å². The molecule has 0 saturated carbocycles. The van der Waals surface area contributed by atoms with Crippen LogP contribution in [0.15, 0.2) is 0 Å². The predicted molar refractivity (Wildman–Crippen MR) is 48.5 cm³/mol. The van der Waals surface area contributed by atoms with Crippen molar-refractivity contribution >= 4 is 6.29 Å². The summed E-state index contributed by atoms with van der Waals surface area (Å²) in [4.78, 5) is 10.3. The molecule has 0 aliphatic carbocycles. The standard InChI is InChI=1S/C10H20O/c1-4-5-6-10(7-8-11)9(2)3/h8-10H,4-7H2,1-3H3/t10-/m1/s1. The van der Waals surface area contributed by atoms with Crippen LogP contribution in [0.25, 0.3) is 0 Å². The molecule has 1 heteroatoms. The Morgan fingerprint density at radius 1 is 1.36 bits per heavy atom. The molecule has 0 rings (SSSR count). The third kappa shape index (κ3) is 5.00. The van der Waals surface area contributed by atoms with Crippen molar-refractivity contribution in [3.8, 4) is 0 Å². The maximum Gasteiger partial charge on any atom is 0.120 e. The van der Waals surface area contributed by atoms with Gasteiger partial charge in [-0.05, 0) is 18.3 Å². The Hall–Kier alpha value is -0.330. The van der Waals surface area contributed by atoms with Crippen LogP contribution in [0.3, 0.4) is 0 Å². The highest BCUT2D eigenvalue weighted by atomic mass is 16.1. The van der Waals surface area contributed by atoms with E-state index in [4.69, 9.17) is 0 Å². The van der Waals surface area contributed by atoms with Crippen LogP contribution in [0, 0.1) is 11.8 Å². The van der Waals surface area contributed by atoms with Crippen molar-refractivity contribution < 1.29 is 4.79 Å². The third-order valence-electron chi connectivity index (χ3n) is 2.27. The second-order valence-electron chi connectivity index (χ2n) is 3.55. The van der Waals surface area contributed by atoms with Crippen molar-refractivity contribution in [2.75, 3.05) is 0 Å². The Bertz CT molecular complexity index is 97.0. The molecular formula is C10H20O. The highest BCUT2D eigenvalue weighted by Gasteiger charge is 2.11. The highest BCUT2D eigenvalue weighted by molar-refractivity contribution is 5.49. The number of hydrogen-bond donors (Lipinski definition) is 0. The van der Waals surface area contributed by atoms with Crippen LogP contribution in [0.4, 0.5) is 0 Å². The van der Waals surface area contributed by atoms with Crippen molar-refractivity contribution in [1.82, 2.24) is 0 Å². The fourth-order valence-electron chi connectivity index (χ4n) is 1.31. The smallest absolute Gasteiger partial charge is 0.120 e. The molecule has 1 nitrogen and oxygen atoms in total. The zero-order valence-electron chi connectivity index (χ0n) is 7.97. The highest BCUT2D eigenvalue weighted by Crippen LogP contribution is 2.20. The number of carbonyl (C=O) groups excluding carboxylic acids is 1. The summed E-state index contributed by atoms with van der Waals surface area (Å²) in [5.74, 6) is 1.28. The first kappa shape index (κ1) is 10.7. The molecule has 0 heterocycles. The first-order valence-electron chi connectivity index (χ1n) is 4.66. The Balaban J connectivity index is 3.59. The fraction of sp³-hybridized carbons (Fsp3) is 0.900. The molecular weight excluding hydrogens is 136 g/mol. The van der Waals surface area contributed by atoms with Gasteiger partial charge in [-0.15, -0.1) is 0 Å². The number of rotatable bonds is 6. The molecule has 0 radical (unpaired) electrons. The molecule has 0 spiro atoms. The molecule has 11 heavy (non-hydrogen) atoms. The molecule has 0 unspecified atom stereocenters. The minimum Gasteiger partial charge on any atom is -0.303 e. The molecule has 1 atom stereocenters. The number of unbranched alkanes of at least 4 members (excludes halogenated alkanes) is 1. The van der Waals surface area contributed by atoms with Gasteiger partial charge in [0.05, 0.1) is 0 Å². The minimum atomic E-state index is 0.618. The Labute approximate surface area is 70.2 Å². The third-order valence-corrected chi connectivity index (χ3v) is 2.27. The lowest BCUT2D eigenvalue weighted by atomic mass is 9.88. The van der Waals surface area contributed by atoms with Gasteiger partial charge in [0.25, 0.3) is 0 Å². The molecule has 66 valence electrons. The van der Waals surface area contributed by atoms with E-state index < -0.39 is 0 Å². The fourth-order valence-corrected chi connectivity index (χ4v) is 1.31. The first-order chi connectivity index (χ1) is 5.22. The molecule has 0 amide bonds. The number of carbonyl (C=O) groups is 1. The summed E-state index contributed by atoms with van der Waals surface area (Å²) in [6, 6.07) is 0. The Morgan fingerprint density at radius 2 is 2.00 bits per heavy atom. The summed E-state index contributed by atoms with van der Waals surface area (Å²) in [5, 5.41) is 0. The van der Waals surface area contributed by atoms with E-state index in [2.05, 4.69) is 20.8 Å². The van der Waals surface area contributed by atoms with Gasteiger partial charge >= 0.3 is 0 Å². The largest absolute Gasteiger partial charge is 0.303 e. The first-order valence-corrected chi connectivity index (χ1v) is 4.66. The van der Waals surface area contributed by atoms with E-state index in [1.165, 1.54) is 19.3 Å². The summed E-state index contributed by atoms with van der Waals surface area (Å²) >= 11 is 0. The van der Waals surface area contributed by atoms with Gasteiger partial charge in [0.15, 0.2) is 0 Å². The van der Waals surface area contributed by atoms with Crippen molar-refractivity contribution in [3.05, 3.63) is 0 Å². The van der Waals surface area contributed by atoms with Crippen LogP contribution in [0.1, 0.15) is 46.5 Å². The van der Waals surface area contributed by atoms with Gasteiger partial charge in [-0.2, -0.15) is 0 Å². The maximum absolute atomic E-state index is 10.3. The van der Waals surface area contributed by atoms with Crippen molar-refractivity contribution in [1.29, 1.82) is 0 Å². The number of aldehydes is 1. The normalized spacial score (nSPS) is 13.5. The van der Waals surface area contributed by atoms with Crippen LogP contribution in [0.2, 0.25) is 0 Å². The topological polar surface area (TPSA) is 17.1 Å². The lowest BCUT2D eigenvalue weighted by Gasteiger charge is -2.17. The lowest BCUT2D eigenvalue weighted by molar-refractivity contribution is -0.109. The van der Waals surface area contributed by atoms with Crippen LogP contribution in [0.5, 0.6) is 0 Å². The van der Waals surface area contributed by atoms with Crippen molar-refractivity contribution in [3.63, 3.8) is 0 Å². The van der Waals surface area contributed by atoms with Gasteiger partial charge in [0.1, 0.15) is 6.29 Å². The average Bonchev–Trinajstić information content (AvgIpc) is 1.97. The zero-order valence-corrected chi connectivity index (χ0v) is 7.97. The zero-order chi connectivity index (χ0) is 8.69. The summed E-state index contributed by atoms with van der Waals surface area (Å²) < 4.78 is 0. The SMILES string of the molecule is CCCC[C@H](CC=O)C(C)C. The average molecular weight is 156 g/mol. The van der Waals surface area contributed by atoms with E-state index in [0.717, 1.165) is 12.7 Å². The van der Waals surface area contributed by atoms with Crippen LogP contribution >= 0.6 is 0 Å². The summed E-state index contributed by atoms with van der Waals surface area (Å²) in [7, 11) is 0. The molecule has 0 fully saturated rings. The molecule has 0 aromatic rings. The summed E-state index contributed by atoms with van der Waals surface area (Å²) in [6.07, 6.45) is 5.52. The van der Waals surface area contributed by atoms with Gasteiger partial charge < -0.3 is 4.79 Å². The van der Waals surface area contributed by atoms with Gasteiger partial charge in [-0.3, -0.25) is 0 Å². The molecule has 0 bridgehead atoms. The number of hydrogen-bond acceptors (Lipinski definition) is 1. The van der Waals surface area contributed by atoms with Crippen molar-refractivity contribution in [2.24, 2.45) is 11.8 Å². The van der Waals surface area contributed by atoms with Crippen LogP contribution in [-0.2, 0) is 4.79 Å². The van der Waals surface area contributed by atoms with Crippen LogP contribution in [-0.4, -0.2) is 6.29 Å². The summed E-state index contributed by atoms with van der Waals surface area (Å²) in [6.45, 7) is 6.59. The van der Waals surface area contributed by atoms with E-state index in [1.807, 2.05) is 0 Å². The van der Waals surface area contributed by atoms with Crippen molar-refractivity contribution in [2.45, 2.75) is 46.5 Å².